The van der Waals surface area contributed by atoms with Gasteiger partial charge in [0.05, 0.1) is 0 Å². The fourth-order valence-electron chi connectivity index (χ4n) is 2.58. The molecule has 0 unspecified atom stereocenters. The largest absolute Gasteiger partial charge is 0.454 e. The number of amides is 2. The van der Waals surface area contributed by atoms with E-state index in [0.29, 0.717) is 23.4 Å². The van der Waals surface area contributed by atoms with Crippen molar-refractivity contribution in [2.45, 2.75) is 26.3 Å². The topological polar surface area (TPSA) is 84.5 Å². The van der Waals surface area contributed by atoms with E-state index in [0.717, 1.165) is 11.1 Å². The van der Waals surface area contributed by atoms with Gasteiger partial charge in [-0.1, -0.05) is 35.4 Å². The Kier molecular flexibility index (Phi) is 8.73. The number of aryl methyl sites for hydroxylation is 2. The molecule has 0 spiro atoms. The molecule has 154 valence electrons. The molecule has 0 saturated carbocycles. The van der Waals surface area contributed by atoms with Gasteiger partial charge in [-0.25, -0.2) is 4.79 Å². The molecule has 0 aliphatic heterocycles. The summed E-state index contributed by atoms with van der Waals surface area (Å²) in [5.74, 6) is -0.737. The number of anilines is 1. The van der Waals surface area contributed by atoms with Crippen LogP contribution in [-0.4, -0.2) is 42.4 Å². The lowest BCUT2D eigenvalue weighted by atomic mass is 10.1. The van der Waals surface area contributed by atoms with Crippen LogP contribution in [-0.2, 0) is 14.3 Å². The molecule has 0 fully saturated rings. The van der Waals surface area contributed by atoms with E-state index in [-0.39, 0.29) is 5.91 Å². The van der Waals surface area contributed by atoms with Crippen molar-refractivity contribution in [2.75, 3.05) is 23.9 Å². The Balaban J connectivity index is 1.92. The lowest BCUT2D eigenvalue weighted by Crippen LogP contribution is -2.43. The molecule has 0 radical (unpaired) electrons. The third-order valence-electron chi connectivity index (χ3n) is 4.16. The van der Waals surface area contributed by atoms with Crippen molar-refractivity contribution < 1.29 is 19.1 Å². The first kappa shape index (κ1) is 22.5. The van der Waals surface area contributed by atoms with Crippen molar-refractivity contribution in [3.05, 3.63) is 65.2 Å². The van der Waals surface area contributed by atoms with E-state index in [1.807, 2.05) is 38.3 Å². The van der Waals surface area contributed by atoms with Crippen molar-refractivity contribution >= 4 is 35.2 Å². The summed E-state index contributed by atoms with van der Waals surface area (Å²) < 4.78 is 5.14. The smallest absolute Gasteiger partial charge is 0.329 e. The Hall–Kier alpha value is -2.80. The van der Waals surface area contributed by atoms with Crippen LogP contribution in [0.1, 0.15) is 27.9 Å². The monoisotopic (exact) mass is 414 g/mol. The first-order chi connectivity index (χ1) is 13.9. The molecule has 0 aliphatic rings. The number of carbonyl (C=O) groups excluding carboxylic acids is 3. The van der Waals surface area contributed by atoms with E-state index < -0.39 is 24.5 Å². The van der Waals surface area contributed by atoms with Gasteiger partial charge in [0.2, 0.25) is 0 Å². The number of carbonyl (C=O) groups is 3. The number of ether oxygens (including phenoxy) is 1. The number of benzene rings is 2. The van der Waals surface area contributed by atoms with Gasteiger partial charge in [-0.3, -0.25) is 9.59 Å². The molecule has 29 heavy (non-hydrogen) atoms. The maximum Gasteiger partial charge on any atom is 0.329 e. The van der Waals surface area contributed by atoms with Crippen molar-refractivity contribution in [2.24, 2.45) is 0 Å². The standard InChI is InChI=1S/C22H26N2O4S/c1-15-7-9-18(10-8-15)23-20(25)14-28-22(27)19(11-12-29-3)24-21(26)17-6-4-5-16(2)13-17/h4-10,13,19H,11-12,14H2,1-3H3,(H,23,25)(H,24,26)/t19-/m0/s1. The summed E-state index contributed by atoms with van der Waals surface area (Å²) in [5, 5.41) is 5.39. The van der Waals surface area contributed by atoms with E-state index in [2.05, 4.69) is 10.6 Å². The number of hydrogen-bond acceptors (Lipinski definition) is 5. The Bertz CT molecular complexity index is 852. The quantitative estimate of drug-likeness (QED) is 0.615. The normalized spacial score (nSPS) is 11.4. The van der Waals surface area contributed by atoms with Crippen molar-refractivity contribution in [3.8, 4) is 0 Å². The Morgan fingerprint density at radius 1 is 1.03 bits per heavy atom. The maximum atomic E-state index is 12.5. The summed E-state index contributed by atoms with van der Waals surface area (Å²) in [4.78, 5) is 37.0. The first-order valence-electron chi connectivity index (χ1n) is 9.28. The molecule has 7 heteroatoms. The zero-order valence-electron chi connectivity index (χ0n) is 16.9. The lowest BCUT2D eigenvalue weighted by molar-refractivity contribution is -0.149. The minimum Gasteiger partial charge on any atom is -0.454 e. The summed E-state index contributed by atoms with van der Waals surface area (Å²) in [5.41, 5.74) is 3.14. The van der Waals surface area contributed by atoms with Crippen LogP contribution in [0, 0.1) is 13.8 Å². The fourth-order valence-corrected chi connectivity index (χ4v) is 3.06. The molecule has 6 nitrogen and oxygen atoms in total. The van der Waals surface area contributed by atoms with Crippen molar-refractivity contribution in [3.63, 3.8) is 0 Å². The van der Waals surface area contributed by atoms with Crippen LogP contribution < -0.4 is 10.6 Å². The molecule has 0 heterocycles. The minimum absolute atomic E-state index is 0.346. The van der Waals surface area contributed by atoms with E-state index in [4.69, 9.17) is 4.74 Å². The number of rotatable bonds is 9. The second-order valence-electron chi connectivity index (χ2n) is 6.70. The van der Waals surface area contributed by atoms with Gasteiger partial charge in [0.25, 0.3) is 11.8 Å². The average molecular weight is 415 g/mol. The van der Waals surface area contributed by atoms with Crippen LogP contribution in [0.25, 0.3) is 0 Å². The van der Waals surface area contributed by atoms with Gasteiger partial charge in [-0.15, -0.1) is 0 Å². The molecule has 0 saturated heterocycles. The Labute approximate surface area is 175 Å². The summed E-state index contributed by atoms with van der Waals surface area (Å²) in [6.45, 7) is 3.43. The number of esters is 1. The molecule has 0 aromatic heterocycles. The lowest BCUT2D eigenvalue weighted by Gasteiger charge is -2.17. The summed E-state index contributed by atoms with van der Waals surface area (Å²) >= 11 is 1.56. The second-order valence-corrected chi connectivity index (χ2v) is 7.68. The number of nitrogens with one attached hydrogen (secondary N) is 2. The van der Waals surface area contributed by atoms with E-state index in [9.17, 15) is 14.4 Å². The molecule has 2 rings (SSSR count). The van der Waals surface area contributed by atoms with Crippen LogP contribution >= 0.6 is 11.8 Å². The highest BCUT2D eigenvalue weighted by Gasteiger charge is 2.23. The summed E-state index contributed by atoms with van der Waals surface area (Å²) in [6.07, 6.45) is 2.33. The molecular weight excluding hydrogens is 388 g/mol. The molecule has 1 atom stereocenters. The van der Waals surface area contributed by atoms with Gasteiger partial charge in [0.1, 0.15) is 6.04 Å². The van der Waals surface area contributed by atoms with E-state index >= 15 is 0 Å². The van der Waals surface area contributed by atoms with Gasteiger partial charge in [0, 0.05) is 11.3 Å². The highest BCUT2D eigenvalue weighted by atomic mass is 32.2. The van der Waals surface area contributed by atoms with Crippen LogP contribution in [0.2, 0.25) is 0 Å². The van der Waals surface area contributed by atoms with Crippen LogP contribution in [0.5, 0.6) is 0 Å². The molecule has 0 bridgehead atoms. The summed E-state index contributed by atoms with van der Waals surface area (Å²) in [6, 6.07) is 13.6. The second kappa shape index (κ2) is 11.3. The minimum atomic E-state index is -0.817. The summed E-state index contributed by atoms with van der Waals surface area (Å²) in [7, 11) is 0. The highest BCUT2D eigenvalue weighted by Crippen LogP contribution is 2.10. The van der Waals surface area contributed by atoms with E-state index in [1.54, 1.807) is 42.1 Å². The highest BCUT2D eigenvalue weighted by molar-refractivity contribution is 7.98. The molecule has 2 N–H and O–H groups in total. The van der Waals surface area contributed by atoms with Crippen LogP contribution in [0.4, 0.5) is 5.69 Å². The van der Waals surface area contributed by atoms with Crippen molar-refractivity contribution in [1.82, 2.24) is 5.32 Å². The fraction of sp³-hybridized carbons (Fsp3) is 0.318. The maximum absolute atomic E-state index is 12.5. The SMILES string of the molecule is CSCC[C@H](NC(=O)c1cccc(C)c1)C(=O)OCC(=O)Nc1ccc(C)cc1. The van der Waals surface area contributed by atoms with Gasteiger partial charge in [-0.05, 0) is 56.5 Å². The number of hydrogen-bond donors (Lipinski definition) is 2. The predicted molar refractivity (Wildman–Crippen MR) is 116 cm³/mol. The van der Waals surface area contributed by atoms with Gasteiger partial charge in [-0.2, -0.15) is 11.8 Å². The van der Waals surface area contributed by atoms with E-state index in [1.165, 1.54) is 0 Å². The van der Waals surface area contributed by atoms with Gasteiger partial charge >= 0.3 is 5.97 Å². The predicted octanol–water partition coefficient (Wildman–Crippen LogP) is 3.34. The Morgan fingerprint density at radius 2 is 1.76 bits per heavy atom. The molecule has 2 aromatic carbocycles. The third-order valence-corrected chi connectivity index (χ3v) is 4.81. The molecular formula is C22H26N2O4S. The Morgan fingerprint density at radius 3 is 2.41 bits per heavy atom. The number of thioether (sulfide) groups is 1. The zero-order valence-corrected chi connectivity index (χ0v) is 17.7. The van der Waals surface area contributed by atoms with Crippen LogP contribution in [0.3, 0.4) is 0 Å². The molecule has 2 amide bonds. The zero-order chi connectivity index (χ0) is 21.2. The first-order valence-corrected chi connectivity index (χ1v) is 10.7. The molecule has 0 aliphatic carbocycles. The third kappa shape index (κ3) is 7.62. The van der Waals surface area contributed by atoms with Gasteiger partial charge < -0.3 is 15.4 Å². The van der Waals surface area contributed by atoms with Crippen molar-refractivity contribution in [1.29, 1.82) is 0 Å². The average Bonchev–Trinajstić information content (AvgIpc) is 2.70. The van der Waals surface area contributed by atoms with Gasteiger partial charge in [0.15, 0.2) is 6.61 Å². The molecule has 2 aromatic rings. The van der Waals surface area contributed by atoms with Crippen LogP contribution in [0.15, 0.2) is 48.5 Å².